The van der Waals surface area contributed by atoms with Crippen LogP contribution in [-0.4, -0.2) is 30.3 Å². The van der Waals surface area contributed by atoms with E-state index in [0.29, 0.717) is 0 Å². The Morgan fingerprint density at radius 2 is 2.20 bits per heavy atom. The van der Waals surface area contributed by atoms with Gasteiger partial charge in [-0.25, -0.2) is 0 Å². The summed E-state index contributed by atoms with van der Waals surface area (Å²) in [5.41, 5.74) is 1.61. The first-order chi connectivity index (χ1) is 9.39. The van der Waals surface area contributed by atoms with Gasteiger partial charge in [-0.05, 0) is 67.6 Å². The summed E-state index contributed by atoms with van der Waals surface area (Å²) < 4.78 is 6.83. The molecule has 0 saturated carbocycles. The molecule has 1 aliphatic heterocycles. The zero-order valence-electron chi connectivity index (χ0n) is 12.7. The van der Waals surface area contributed by atoms with Crippen LogP contribution in [0.1, 0.15) is 39.2 Å². The molecule has 20 heavy (non-hydrogen) atoms. The van der Waals surface area contributed by atoms with E-state index in [1.165, 1.54) is 12.0 Å². The van der Waals surface area contributed by atoms with Gasteiger partial charge in [0.1, 0.15) is 0 Å². The van der Waals surface area contributed by atoms with Crippen molar-refractivity contribution in [3.05, 3.63) is 28.5 Å². The molecule has 0 radical (unpaired) electrons. The molecule has 0 aromatic carbocycles. The normalized spacial score (nSPS) is 23.8. The van der Waals surface area contributed by atoms with Crippen molar-refractivity contribution in [1.29, 1.82) is 0 Å². The topological polar surface area (TPSA) is 34.2 Å². The average molecular weight is 341 g/mol. The Morgan fingerprint density at radius 1 is 1.40 bits per heavy atom. The molecule has 1 saturated heterocycles. The number of ether oxygens (including phenoxy) is 1. The quantitative estimate of drug-likeness (QED) is 0.909. The summed E-state index contributed by atoms with van der Waals surface area (Å²) in [6.07, 6.45) is 7.18. The standard InChI is InChI=1S/C16H25BrN2O/c1-15(2,3)19-11-16(5-4-6-20-12-16)8-13-7-14(17)10-18-9-13/h7,9-10,19H,4-6,8,11-12H2,1-3H3. The number of hydrogen-bond donors (Lipinski definition) is 1. The van der Waals surface area contributed by atoms with Crippen LogP contribution in [0.5, 0.6) is 0 Å². The van der Waals surface area contributed by atoms with Crippen LogP contribution in [0, 0.1) is 5.41 Å². The Hall–Kier alpha value is -0.450. The minimum atomic E-state index is 0.139. The molecule has 112 valence electrons. The molecule has 1 N–H and O–H groups in total. The predicted molar refractivity (Wildman–Crippen MR) is 85.9 cm³/mol. The highest BCUT2D eigenvalue weighted by Crippen LogP contribution is 2.33. The van der Waals surface area contributed by atoms with E-state index < -0.39 is 0 Å². The lowest BCUT2D eigenvalue weighted by atomic mass is 9.77. The third-order valence-corrected chi connectivity index (χ3v) is 4.17. The third-order valence-electron chi connectivity index (χ3n) is 3.74. The third kappa shape index (κ3) is 4.83. The number of aromatic nitrogens is 1. The summed E-state index contributed by atoms with van der Waals surface area (Å²) in [6, 6.07) is 2.17. The smallest absolute Gasteiger partial charge is 0.0537 e. The molecule has 2 rings (SSSR count). The number of nitrogens with one attached hydrogen (secondary N) is 1. The fraction of sp³-hybridized carbons (Fsp3) is 0.688. The number of nitrogens with zero attached hydrogens (tertiary/aromatic N) is 1. The summed E-state index contributed by atoms with van der Waals surface area (Å²) in [7, 11) is 0. The first kappa shape index (κ1) is 15.9. The fourth-order valence-electron chi connectivity index (χ4n) is 2.69. The van der Waals surface area contributed by atoms with E-state index in [1.807, 2.05) is 12.4 Å². The van der Waals surface area contributed by atoms with Gasteiger partial charge < -0.3 is 10.1 Å². The Balaban J connectivity index is 2.10. The second kappa shape index (κ2) is 6.54. The summed E-state index contributed by atoms with van der Waals surface area (Å²) in [6.45, 7) is 9.36. The number of halogens is 1. The Morgan fingerprint density at radius 3 is 2.80 bits per heavy atom. The molecule has 0 aliphatic carbocycles. The van der Waals surface area contributed by atoms with Crippen LogP contribution in [0.3, 0.4) is 0 Å². The maximum absolute atomic E-state index is 5.78. The van der Waals surface area contributed by atoms with Gasteiger partial charge in [-0.3, -0.25) is 4.98 Å². The van der Waals surface area contributed by atoms with Gasteiger partial charge in [0, 0.05) is 41.0 Å². The van der Waals surface area contributed by atoms with Gasteiger partial charge in [-0.2, -0.15) is 0 Å². The lowest BCUT2D eigenvalue weighted by molar-refractivity contribution is -0.00997. The first-order valence-corrected chi connectivity index (χ1v) is 8.10. The van der Waals surface area contributed by atoms with Crippen LogP contribution in [0.2, 0.25) is 0 Å². The van der Waals surface area contributed by atoms with Crippen LogP contribution in [-0.2, 0) is 11.2 Å². The molecule has 3 nitrogen and oxygen atoms in total. The summed E-state index contributed by atoms with van der Waals surface area (Å²) in [4.78, 5) is 4.28. The number of rotatable bonds is 4. The van der Waals surface area contributed by atoms with Crippen LogP contribution in [0.4, 0.5) is 0 Å². The second-order valence-corrected chi connectivity index (χ2v) is 7.86. The Labute approximate surface area is 130 Å². The zero-order valence-corrected chi connectivity index (χ0v) is 14.3. The van der Waals surface area contributed by atoms with E-state index in [2.05, 4.69) is 53.1 Å². The van der Waals surface area contributed by atoms with Gasteiger partial charge in [-0.15, -0.1) is 0 Å². The summed E-state index contributed by atoms with van der Waals surface area (Å²) in [5, 5.41) is 3.66. The van der Waals surface area contributed by atoms with Gasteiger partial charge in [0.25, 0.3) is 0 Å². The monoisotopic (exact) mass is 340 g/mol. The maximum atomic E-state index is 5.78. The predicted octanol–water partition coefficient (Wildman–Crippen LogP) is 3.57. The van der Waals surface area contributed by atoms with Crippen LogP contribution in [0.25, 0.3) is 0 Å². The minimum absolute atomic E-state index is 0.139. The van der Waals surface area contributed by atoms with Crippen molar-refractivity contribution in [2.45, 2.75) is 45.6 Å². The van der Waals surface area contributed by atoms with Gasteiger partial charge in [0.15, 0.2) is 0 Å². The zero-order chi connectivity index (χ0) is 14.6. The van der Waals surface area contributed by atoms with Gasteiger partial charge in [-0.1, -0.05) is 0 Å². The largest absolute Gasteiger partial charge is 0.381 e. The lowest BCUT2D eigenvalue weighted by Crippen LogP contribution is -2.48. The van der Waals surface area contributed by atoms with Crippen LogP contribution in [0.15, 0.2) is 22.9 Å². The molecular formula is C16H25BrN2O. The van der Waals surface area contributed by atoms with Crippen molar-refractivity contribution in [2.75, 3.05) is 19.8 Å². The van der Waals surface area contributed by atoms with Gasteiger partial charge in [0.2, 0.25) is 0 Å². The fourth-order valence-corrected chi connectivity index (χ4v) is 3.10. The lowest BCUT2D eigenvalue weighted by Gasteiger charge is -2.39. The van der Waals surface area contributed by atoms with E-state index in [0.717, 1.165) is 37.1 Å². The summed E-state index contributed by atoms with van der Waals surface area (Å²) >= 11 is 3.51. The number of hydrogen-bond acceptors (Lipinski definition) is 3. The van der Waals surface area contributed by atoms with Crippen LogP contribution >= 0.6 is 15.9 Å². The molecule has 1 atom stereocenters. The molecule has 0 amide bonds. The van der Waals surface area contributed by atoms with E-state index >= 15 is 0 Å². The maximum Gasteiger partial charge on any atom is 0.0537 e. The molecular weight excluding hydrogens is 316 g/mol. The summed E-state index contributed by atoms with van der Waals surface area (Å²) in [5.74, 6) is 0. The van der Waals surface area contributed by atoms with E-state index in [4.69, 9.17) is 4.74 Å². The van der Waals surface area contributed by atoms with E-state index in [-0.39, 0.29) is 11.0 Å². The van der Waals surface area contributed by atoms with Gasteiger partial charge >= 0.3 is 0 Å². The van der Waals surface area contributed by atoms with E-state index in [1.54, 1.807) is 0 Å². The molecule has 4 heteroatoms. The molecule has 0 spiro atoms. The van der Waals surface area contributed by atoms with Crippen LogP contribution < -0.4 is 5.32 Å². The van der Waals surface area contributed by atoms with Crippen molar-refractivity contribution in [3.63, 3.8) is 0 Å². The molecule has 2 heterocycles. The molecule has 1 aromatic heterocycles. The molecule has 1 aromatic rings. The van der Waals surface area contributed by atoms with Crippen molar-refractivity contribution in [2.24, 2.45) is 5.41 Å². The minimum Gasteiger partial charge on any atom is -0.381 e. The van der Waals surface area contributed by atoms with Gasteiger partial charge in [0.05, 0.1) is 6.61 Å². The van der Waals surface area contributed by atoms with Crippen molar-refractivity contribution >= 4 is 15.9 Å². The molecule has 1 aliphatic rings. The van der Waals surface area contributed by atoms with Crippen molar-refractivity contribution < 1.29 is 4.74 Å². The highest BCUT2D eigenvalue weighted by molar-refractivity contribution is 9.10. The SMILES string of the molecule is CC(C)(C)NCC1(Cc2cncc(Br)c2)CCCOC1. The van der Waals surface area contributed by atoms with E-state index in [9.17, 15) is 0 Å². The average Bonchev–Trinajstić information content (AvgIpc) is 2.37. The Kier molecular flexibility index (Phi) is 5.21. The molecule has 1 unspecified atom stereocenters. The van der Waals surface area contributed by atoms with Crippen molar-refractivity contribution in [1.82, 2.24) is 10.3 Å². The first-order valence-electron chi connectivity index (χ1n) is 7.31. The second-order valence-electron chi connectivity index (χ2n) is 6.95. The Bertz CT molecular complexity index is 436. The highest BCUT2D eigenvalue weighted by atomic mass is 79.9. The van der Waals surface area contributed by atoms with Crippen molar-refractivity contribution in [3.8, 4) is 0 Å². The highest BCUT2D eigenvalue weighted by Gasteiger charge is 2.34. The molecule has 1 fully saturated rings. The number of pyridine rings is 1. The molecule has 0 bridgehead atoms.